The number of aromatic hydroxyl groups is 1. The van der Waals surface area contributed by atoms with Crippen LogP contribution in [0.3, 0.4) is 0 Å². The molecule has 6 atom stereocenters. The van der Waals surface area contributed by atoms with Crippen LogP contribution >= 0.6 is 15.9 Å². The number of hydrogen-bond acceptors (Lipinski definition) is 2. The molecule has 0 amide bonds. The van der Waals surface area contributed by atoms with Gasteiger partial charge in [-0.3, -0.25) is 4.79 Å². The molecule has 1 N–H and O–H groups in total. The van der Waals surface area contributed by atoms with Crippen LogP contribution in [0.4, 0.5) is 0 Å². The van der Waals surface area contributed by atoms with Gasteiger partial charge in [-0.1, -0.05) is 35.8 Å². The topological polar surface area (TPSA) is 37.3 Å². The zero-order valence-corrected chi connectivity index (χ0v) is 14.8. The molecule has 1 aromatic carbocycles. The first-order chi connectivity index (χ1) is 10.4. The molecule has 3 heteroatoms. The van der Waals surface area contributed by atoms with Gasteiger partial charge in [-0.2, -0.15) is 0 Å². The van der Waals surface area contributed by atoms with E-state index in [4.69, 9.17) is 0 Å². The van der Waals surface area contributed by atoms with Gasteiger partial charge < -0.3 is 5.11 Å². The maximum atomic E-state index is 12.7. The van der Waals surface area contributed by atoms with Crippen LogP contribution in [-0.2, 0) is 11.2 Å². The summed E-state index contributed by atoms with van der Waals surface area (Å²) in [4.78, 5) is 12.7. The van der Waals surface area contributed by atoms with Gasteiger partial charge in [-0.05, 0) is 72.6 Å². The van der Waals surface area contributed by atoms with Gasteiger partial charge in [0.2, 0.25) is 0 Å². The second kappa shape index (κ2) is 4.83. The number of ketones is 1. The van der Waals surface area contributed by atoms with E-state index >= 15 is 0 Å². The zero-order chi connectivity index (χ0) is 15.6. The standard InChI is InChI=1S/C19H23BrO2/c1-10-7-11-8-12(21)3-4-13(11)14-5-6-19(2)15(17(10)14)9-16(20)18(19)22/h3-4,8,10,14-17,21H,5-7,9H2,1-2H3/t10-,14-,15+,16-,17-,19+/m1/s1. The molecule has 2 nitrogen and oxygen atoms in total. The van der Waals surface area contributed by atoms with E-state index in [9.17, 15) is 9.90 Å². The van der Waals surface area contributed by atoms with E-state index in [1.165, 1.54) is 11.1 Å². The molecule has 0 radical (unpaired) electrons. The summed E-state index contributed by atoms with van der Waals surface area (Å²) in [6.45, 7) is 4.54. The Morgan fingerprint density at radius 2 is 2.14 bits per heavy atom. The smallest absolute Gasteiger partial charge is 0.152 e. The molecule has 4 rings (SSSR count). The van der Waals surface area contributed by atoms with Crippen molar-refractivity contribution in [2.75, 3.05) is 0 Å². The number of carbonyl (C=O) groups is 1. The van der Waals surface area contributed by atoms with Crippen LogP contribution in [0.15, 0.2) is 18.2 Å². The lowest BCUT2D eigenvalue weighted by molar-refractivity contribution is -0.129. The van der Waals surface area contributed by atoms with Crippen molar-refractivity contribution in [3.8, 4) is 5.75 Å². The Morgan fingerprint density at radius 1 is 1.36 bits per heavy atom. The van der Waals surface area contributed by atoms with Crippen molar-refractivity contribution in [2.24, 2.45) is 23.2 Å². The van der Waals surface area contributed by atoms with E-state index in [0.29, 0.717) is 35.2 Å². The van der Waals surface area contributed by atoms with Gasteiger partial charge in [0.25, 0.3) is 0 Å². The monoisotopic (exact) mass is 362 g/mol. The fourth-order valence-electron chi connectivity index (χ4n) is 5.72. The third kappa shape index (κ3) is 1.87. The van der Waals surface area contributed by atoms with E-state index in [1.54, 1.807) is 0 Å². The van der Waals surface area contributed by atoms with Crippen LogP contribution in [-0.4, -0.2) is 15.7 Å². The van der Waals surface area contributed by atoms with Gasteiger partial charge in [0.1, 0.15) is 5.75 Å². The number of carbonyl (C=O) groups excluding carboxylic acids is 1. The number of fused-ring (bicyclic) bond motifs is 5. The van der Waals surface area contributed by atoms with Gasteiger partial charge in [-0.25, -0.2) is 0 Å². The molecular weight excluding hydrogens is 340 g/mol. The van der Waals surface area contributed by atoms with E-state index in [1.807, 2.05) is 12.1 Å². The van der Waals surface area contributed by atoms with Crippen molar-refractivity contribution >= 4 is 21.7 Å². The van der Waals surface area contributed by atoms with E-state index in [-0.39, 0.29) is 10.2 Å². The van der Waals surface area contributed by atoms with Crippen LogP contribution in [0.25, 0.3) is 0 Å². The van der Waals surface area contributed by atoms with Crippen LogP contribution < -0.4 is 0 Å². The predicted molar refractivity (Wildman–Crippen MR) is 90.4 cm³/mol. The SMILES string of the molecule is C[C@@H]1Cc2cc(O)ccc2[C@H]2CC[C@]3(C)C(=O)[C@H](Br)C[C@H]3[C@H]12. The first kappa shape index (κ1) is 14.7. The highest BCUT2D eigenvalue weighted by Crippen LogP contribution is 2.61. The summed E-state index contributed by atoms with van der Waals surface area (Å²) in [5, 5.41) is 9.78. The molecule has 0 unspecified atom stereocenters. The average molecular weight is 363 g/mol. The highest BCUT2D eigenvalue weighted by Gasteiger charge is 2.58. The molecule has 3 aliphatic carbocycles. The Labute approximate surface area is 140 Å². The van der Waals surface area contributed by atoms with Crippen LogP contribution in [0.5, 0.6) is 5.75 Å². The Hall–Kier alpha value is -0.830. The number of phenols is 1. The molecule has 0 aromatic heterocycles. The fourth-order valence-corrected chi connectivity index (χ4v) is 6.64. The lowest BCUT2D eigenvalue weighted by atomic mass is 9.53. The average Bonchev–Trinajstić information content (AvgIpc) is 2.70. The van der Waals surface area contributed by atoms with Crippen LogP contribution in [0, 0.1) is 23.2 Å². The van der Waals surface area contributed by atoms with E-state index in [2.05, 4.69) is 35.8 Å². The summed E-state index contributed by atoms with van der Waals surface area (Å²) < 4.78 is 0. The molecular formula is C19H23BrO2. The third-order valence-electron chi connectivity index (χ3n) is 6.76. The minimum atomic E-state index is -0.127. The van der Waals surface area contributed by atoms with Crippen molar-refractivity contribution in [3.05, 3.63) is 29.3 Å². The summed E-state index contributed by atoms with van der Waals surface area (Å²) in [7, 11) is 0. The van der Waals surface area contributed by atoms with Gasteiger partial charge in [0.05, 0.1) is 4.83 Å². The first-order valence-corrected chi connectivity index (χ1v) is 9.33. The molecule has 0 bridgehead atoms. The fraction of sp³-hybridized carbons (Fsp3) is 0.632. The molecule has 118 valence electrons. The molecule has 0 aliphatic heterocycles. The summed E-state index contributed by atoms with van der Waals surface area (Å²) in [6, 6.07) is 5.90. The molecule has 0 saturated heterocycles. The van der Waals surface area contributed by atoms with Crippen LogP contribution in [0.2, 0.25) is 0 Å². The first-order valence-electron chi connectivity index (χ1n) is 8.42. The van der Waals surface area contributed by atoms with Crippen molar-refractivity contribution in [2.45, 2.75) is 50.3 Å². The number of alkyl halides is 1. The number of Topliss-reactive ketones (excluding diaryl/α,β-unsaturated/α-hetero) is 1. The largest absolute Gasteiger partial charge is 0.508 e. The molecule has 3 aliphatic rings. The van der Waals surface area contributed by atoms with Gasteiger partial charge in [0, 0.05) is 5.41 Å². The van der Waals surface area contributed by atoms with Crippen LogP contribution in [0.1, 0.15) is 50.2 Å². The number of halogens is 1. The second-order valence-electron chi connectivity index (χ2n) is 7.88. The second-order valence-corrected chi connectivity index (χ2v) is 8.98. The maximum Gasteiger partial charge on any atom is 0.152 e. The summed E-state index contributed by atoms with van der Waals surface area (Å²) in [6.07, 6.45) is 4.13. The Morgan fingerprint density at radius 3 is 2.91 bits per heavy atom. The molecule has 1 aromatic rings. The molecule has 0 heterocycles. The molecule has 2 saturated carbocycles. The Balaban J connectivity index is 1.77. The van der Waals surface area contributed by atoms with Gasteiger partial charge in [0.15, 0.2) is 5.78 Å². The lowest BCUT2D eigenvalue weighted by Gasteiger charge is -2.50. The summed E-state index contributed by atoms with van der Waals surface area (Å²) in [5.74, 6) is 3.04. The zero-order valence-electron chi connectivity index (χ0n) is 13.2. The van der Waals surface area contributed by atoms with Gasteiger partial charge in [-0.15, -0.1) is 0 Å². The highest BCUT2D eigenvalue weighted by atomic mass is 79.9. The minimum Gasteiger partial charge on any atom is -0.508 e. The number of phenolic OH excluding ortho intramolecular Hbond substituents is 1. The minimum absolute atomic E-state index is 0.0506. The van der Waals surface area contributed by atoms with Crippen molar-refractivity contribution in [1.82, 2.24) is 0 Å². The van der Waals surface area contributed by atoms with Crippen molar-refractivity contribution in [3.63, 3.8) is 0 Å². The maximum absolute atomic E-state index is 12.7. The molecule has 0 spiro atoms. The van der Waals surface area contributed by atoms with Gasteiger partial charge >= 0.3 is 0 Å². The highest BCUT2D eigenvalue weighted by molar-refractivity contribution is 9.10. The Kier molecular flexibility index (Phi) is 3.24. The Bertz CT molecular complexity index is 640. The van der Waals surface area contributed by atoms with E-state index < -0.39 is 0 Å². The molecule has 22 heavy (non-hydrogen) atoms. The predicted octanol–water partition coefficient (Wildman–Crippen LogP) is 4.44. The number of rotatable bonds is 0. The van der Waals surface area contributed by atoms with Crippen molar-refractivity contribution in [1.29, 1.82) is 0 Å². The number of hydrogen-bond donors (Lipinski definition) is 1. The lowest BCUT2D eigenvalue weighted by Crippen LogP contribution is -2.45. The summed E-state index contributed by atoms with van der Waals surface area (Å²) >= 11 is 3.62. The quantitative estimate of drug-likeness (QED) is 0.692. The molecule has 2 fully saturated rings. The van der Waals surface area contributed by atoms with E-state index in [0.717, 1.165) is 25.7 Å². The normalized spacial score (nSPS) is 43.4. The number of benzene rings is 1. The summed E-state index contributed by atoms with van der Waals surface area (Å²) in [5.41, 5.74) is 2.61. The van der Waals surface area contributed by atoms with Crippen molar-refractivity contribution < 1.29 is 9.90 Å². The third-order valence-corrected chi connectivity index (χ3v) is 7.55.